The van der Waals surface area contributed by atoms with Crippen molar-refractivity contribution in [3.63, 3.8) is 0 Å². The highest BCUT2D eigenvalue weighted by molar-refractivity contribution is 5.84. The van der Waals surface area contributed by atoms with Gasteiger partial charge in [-0.15, -0.1) is 0 Å². The minimum Gasteiger partial charge on any atom is -0.483 e. The number of carbonyl (C=O) groups excluding carboxylic acids is 1. The molecule has 0 unspecified atom stereocenters. The van der Waals surface area contributed by atoms with Crippen molar-refractivity contribution in [3.05, 3.63) is 29.3 Å². The second kappa shape index (κ2) is 6.61. The summed E-state index contributed by atoms with van der Waals surface area (Å²) >= 11 is 0. The van der Waals surface area contributed by atoms with Gasteiger partial charge in [0, 0.05) is 0 Å². The van der Waals surface area contributed by atoms with Crippen LogP contribution in [0.2, 0.25) is 0 Å². The highest BCUT2D eigenvalue weighted by Gasteiger charge is 2.21. The third-order valence-corrected chi connectivity index (χ3v) is 3.12. The maximum Gasteiger partial charge on any atom is 0.325 e. The van der Waals surface area contributed by atoms with E-state index in [1.54, 1.807) is 0 Å². The van der Waals surface area contributed by atoms with Gasteiger partial charge in [0.15, 0.2) is 6.61 Å². The summed E-state index contributed by atoms with van der Waals surface area (Å²) in [6.07, 6.45) is 0. The molecule has 5 nitrogen and oxygen atoms in total. The maximum absolute atomic E-state index is 11.7. The summed E-state index contributed by atoms with van der Waals surface area (Å²) < 4.78 is 5.63. The number of carbonyl (C=O) groups is 2. The summed E-state index contributed by atoms with van der Waals surface area (Å²) in [5, 5.41) is 11.1. The van der Waals surface area contributed by atoms with Gasteiger partial charge in [-0.2, -0.15) is 0 Å². The molecule has 0 heterocycles. The van der Waals surface area contributed by atoms with Crippen LogP contribution >= 0.6 is 0 Å². The molecule has 1 amide bonds. The molecule has 2 N–H and O–H groups in total. The van der Waals surface area contributed by atoms with Crippen LogP contribution in [0, 0.1) is 6.92 Å². The number of para-hydroxylation sites is 1. The Morgan fingerprint density at radius 1 is 1.33 bits per heavy atom. The van der Waals surface area contributed by atoms with Crippen molar-refractivity contribution in [1.29, 1.82) is 0 Å². The summed E-state index contributed by atoms with van der Waals surface area (Å²) in [4.78, 5) is 22.4. The van der Waals surface area contributed by atoms with Gasteiger partial charge in [-0.1, -0.05) is 39.0 Å². The molecule has 1 aromatic rings. The van der Waals surface area contributed by atoms with Crippen molar-refractivity contribution in [3.8, 4) is 5.75 Å². The molecule has 0 radical (unpaired) electrons. The number of hydrogen-bond donors (Lipinski definition) is 2. The molecule has 0 aliphatic rings. The van der Waals surface area contributed by atoms with E-state index in [-0.39, 0.29) is 12.0 Å². The van der Waals surface area contributed by atoms with E-state index in [1.165, 1.54) is 6.92 Å². The van der Waals surface area contributed by atoms with Crippen molar-refractivity contribution >= 4 is 11.9 Å². The summed E-state index contributed by atoms with van der Waals surface area (Å²) in [6, 6.07) is 4.91. The highest BCUT2D eigenvalue weighted by Crippen LogP contribution is 2.33. The molecule has 1 aromatic carbocycles. The minimum atomic E-state index is -1.07. The second-order valence-corrected chi connectivity index (χ2v) is 6.12. The molecule has 116 valence electrons. The number of benzene rings is 1. The van der Waals surface area contributed by atoms with Gasteiger partial charge >= 0.3 is 5.97 Å². The summed E-state index contributed by atoms with van der Waals surface area (Å²) in [6.45, 7) is 9.34. The van der Waals surface area contributed by atoms with Crippen LogP contribution in [0.1, 0.15) is 38.8 Å². The Morgan fingerprint density at radius 3 is 2.48 bits per heavy atom. The fraction of sp³-hybridized carbons (Fsp3) is 0.500. The molecule has 1 atom stereocenters. The topological polar surface area (TPSA) is 75.6 Å². The first-order valence-electron chi connectivity index (χ1n) is 6.88. The van der Waals surface area contributed by atoms with Crippen LogP contribution in [0.25, 0.3) is 0 Å². The minimum absolute atomic E-state index is 0.105. The largest absolute Gasteiger partial charge is 0.483 e. The monoisotopic (exact) mass is 293 g/mol. The molecule has 0 aliphatic heterocycles. The molecular weight excluding hydrogens is 270 g/mol. The van der Waals surface area contributed by atoms with Gasteiger partial charge < -0.3 is 15.2 Å². The van der Waals surface area contributed by atoms with E-state index in [2.05, 4.69) is 26.1 Å². The number of rotatable bonds is 5. The predicted octanol–water partition coefficient (Wildman–Crippen LogP) is 2.26. The lowest BCUT2D eigenvalue weighted by Gasteiger charge is -2.24. The van der Waals surface area contributed by atoms with E-state index in [1.807, 2.05) is 25.1 Å². The van der Waals surface area contributed by atoms with Crippen LogP contribution in [0.4, 0.5) is 0 Å². The summed E-state index contributed by atoms with van der Waals surface area (Å²) in [5.74, 6) is -0.842. The molecule has 0 saturated carbocycles. The smallest absolute Gasteiger partial charge is 0.325 e. The maximum atomic E-state index is 11.7. The molecule has 0 bridgehead atoms. The number of ether oxygens (including phenoxy) is 1. The Morgan fingerprint density at radius 2 is 1.95 bits per heavy atom. The Kier molecular flexibility index (Phi) is 5.35. The van der Waals surface area contributed by atoms with Gasteiger partial charge in [0.25, 0.3) is 5.91 Å². The van der Waals surface area contributed by atoms with Crippen LogP contribution in [0.3, 0.4) is 0 Å². The van der Waals surface area contributed by atoms with E-state index in [4.69, 9.17) is 9.84 Å². The van der Waals surface area contributed by atoms with Crippen LogP contribution in [-0.2, 0) is 15.0 Å². The Hall–Kier alpha value is -2.04. The molecule has 0 aromatic heterocycles. The highest BCUT2D eigenvalue weighted by atomic mass is 16.5. The van der Waals surface area contributed by atoms with Crippen LogP contribution in [-0.4, -0.2) is 29.6 Å². The van der Waals surface area contributed by atoms with Crippen molar-refractivity contribution in [2.45, 2.75) is 46.1 Å². The van der Waals surface area contributed by atoms with E-state index in [9.17, 15) is 9.59 Å². The lowest BCUT2D eigenvalue weighted by atomic mass is 9.85. The fourth-order valence-corrected chi connectivity index (χ4v) is 1.92. The third kappa shape index (κ3) is 4.77. The van der Waals surface area contributed by atoms with E-state index in [0.29, 0.717) is 5.75 Å². The van der Waals surface area contributed by atoms with Crippen LogP contribution in [0.5, 0.6) is 5.75 Å². The summed E-state index contributed by atoms with van der Waals surface area (Å²) in [7, 11) is 0. The van der Waals surface area contributed by atoms with Gasteiger partial charge in [0.1, 0.15) is 11.8 Å². The van der Waals surface area contributed by atoms with Crippen molar-refractivity contribution in [2.24, 2.45) is 0 Å². The molecular formula is C16H23NO4. The van der Waals surface area contributed by atoms with Gasteiger partial charge in [0.05, 0.1) is 0 Å². The number of aryl methyl sites for hydroxylation is 1. The van der Waals surface area contributed by atoms with Crippen molar-refractivity contribution < 1.29 is 19.4 Å². The number of aliphatic carboxylic acids is 1. The first-order valence-corrected chi connectivity index (χ1v) is 6.88. The zero-order valence-electron chi connectivity index (χ0n) is 13.2. The first-order chi connectivity index (χ1) is 9.62. The lowest BCUT2D eigenvalue weighted by molar-refractivity contribution is -0.141. The second-order valence-electron chi connectivity index (χ2n) is 6.12. The van der Waals surface area contributed by atoms with Gasteiger partial charge in [-0.05, 0) is 30.4 Å². The quantitative estimate of drug-likeness (QED) is 0.873. The number of nitrogens with one attached hydrogen (secondary N) is 1. The summed E-state index contributed by atoms with van der Waals surface area (Å²) in [5.41, 5.74) is 1.86. The molecule has 1 rings (SSSR count). The fourth-order valence-electron chi connectivity index (χ4n) is 1.92. The molecule has 0 fully saturated rings. The Labute approximate surface area is 125 Å². The molecule has 5 heteroatoms. The average molecular weight is 293 g/mol. The Balaban J connectivity index is 2.80. The standard InChI is InChI=1S/C16H23NO4/c1-10-7-6-8-12(16(3,4)5)14(10)21-9-13(18)17-11(2)15(19)20/h6-8,11H,9H2,1-5H3,(H,17,18)(H,19,20)/t11-/m1/s1. The molecule has 21 heavy (non-hydrogen) atoms. The van der Waals surface area contributed by atoms with Crippen LogP contribution < -0.4 is 10.1 Å². The first kappa shape index (κ1) is 17.0. The zero-order valence-corrected chi connectivity index (χ0v) is 13.2. The lowest BCUT2D eigenvalue weighted by Crippen LogP contribution is -2.40. The van der Waals surface area contributed by atoms with Crippen molar-refractivity contribution in [1.82, 2.24) is 5.32 Å². The molecule has 0 aliphatic carbocycles. The van der Waals surface area contributed by atoms with Crippen LogP contribution in [0.15, 0.2) is 18.2 Å². The number of hydrogen-bond acceptors (Lipinski definition) is 3. The predicted molar refractivity (Wildman–Crippen MR) is 80.6 cm³/mol. The van der Waals surface area contributed by atoms with E-state index in [0.717, 1.165) is 11.1 Å². The normalized spacial score (nSPS) is 12.6. The zero-order chi connectivity index (χ0) is 16.2. The number of carboxylic acid groups (broad SMARTS) is 1. The number of amides is 1. The number of carboxylic acids is 1. The van der Waals surface area contributed by atoms with E-state index >= 15 is 0 Å². The van der Waals surface area contributed by atoms with Gasteiger partial charge in [-0.25, -0.2) is 0 Å². The molecule has 0 saturated heterocycles. The third-order valence-electron chi connectivity index (χ3n) is 3.12. The Bertz CT molecular complexity index is 532. The van der Waals surface area contributed by atoms with Gasteiger partial charge in [-0.3, -0.25) is 9.59 Å². The molecule has 0 spiro atoms. The average Bonchev–Trinajstić information content (AvgIpc) is 2.35. The van der Waals surface area contributed by atoms with Gasteiger partial charge in [0.2, 0.25) is 0 Å². The SMILES string of the molecule is Cc1cccc(C(C)(C)C)c1OCC(=O)N[C@H](C)C(=O)O. The van der Waals surface area contributed by atoms with E-state index < -0.39 is 17.9 Å². The van der Waals surface area contributed by atoms with Crippen molar-refractivity contribution in [2.75, 3.05) is 6.61 Å².